The zero-order chi connectivity index (χ0) is 11.0. The molecular formula is C13H16N2O. The molecule has 0 bridgehead atoms. The van der Waals surface area contributed by atoms with E-state index in [0.717, 1.165) is 22.2 Å². The fourth-order valence-corrected chi connectivity index (χ4v) is 2.15. The first-order valence-electron chi connectivity index (χ1n) is 5.84. The summed E-state index contributed by atoms with van der Waals surface area (Å²) in [4.78, 5) is 3.23. The second-order valence-corrected chi connectivity index (χ2v) is 4.37. The van der Waals surface area contributed by atoms with E-state index >= 15 is 0 Å². The monoisotopic (exact) mass is 216 g/mol. The lowest BCUT2D eigenvalue weighted by Gasteiger charge is -2.26. The molecule has 0 amide bonds. The van der Waals surface area contributed by atoms with Gasteiger partial charge in [-0.1, -0.05) is 6.07 Å². The molecule has 1 aromatic carbocycles. The van der Waals surface area contributed by atoms with Gasteiger partial charge in [-0.15, -0.1) is 0 Å². The minimum Gasteiger partial charge on any atom is -0.490 e. The highest BCUT2D eigenvalue weighted by molar-refractivity contribution is 5.89. The molecule has 1 aromatic heterocycles. The van der Waals surface area contributed by atoms with Crippen molar-refractivity contribution >= 4 is 10.9 Å². The SMILES string of the molecule is NCc1c[nH]c2cccc(OC3CCC3)c12. The fourth-order valence-electron chi connectivity index (χ4n) is 2.15. The Morgan fingerprint density at radius 3 is 2.94 bits per heavy atom. The summed E-state index contributed by atoms with van der Waals surface area (Å²) in [5.41, 5.74) is 7.97. The molecule has 0 saturated heterocycles. The zero-order valence-electron chi connectivity index (χ0n) is 9.20. The molecule has 3 rings (SSSR count). The van der Waals surface area contributed by atoms with Crippen LogP contribution < -0.4 is 10.5 Å². The summed E-state index contributed by atoms with van der Waals surface area (Å²) in [5.74, 6) is 0.976. The van der Waals surface area contributed by atoms with E-state index in [2.05, 4.69) is 11.1 Å². The van der Waals surface area contributed by atoms with Crippen molar-refractivity contribution < 1.29 is 4.74 Å². The lowest BCUT2D eigenvalue weighted by atomic mass is 9.96. The highest BCUT2D eigenvalue weighted by atomic mass is 16.5. The summed E-state index contributed by atoms with van der Waals surface area (Å²) >= 11 is 0. The quantitative estimate of drug-likeness (QED) is 0.828. The van der Waals surface area contributed by atoms with Gasteiger partial charge in [0.1, 0.15) is 5.75 Å². The Hall–Kier alpha value is -1.48. The molecule has 0 unspecified atom stereocenters. The topological polar surface area (TPSA) is 51.0 Å². The molecule has 1 aliphatic rings. The summed E-state index contributed by atoms with van der Waals surface area (Å²) in [6.45, 7) is 0.547. The largest absolute Gasteiger partial charge is 0.490 e. The van der Waals surface area contributed by atoms with Crippen molar-refractivity contribution in [3.05, 3.63) is 30.0 Å². The van der Waals surface area contributed by atoms with E-state index in [1.54, 1.807) is 0 Å². The number of fused-ring (bicyclic) bond motifs is 1. The second-order valence-electron chi connectivity index (χ2n) is 4.37. The van der Waals surface area contributed by atoms with Crippen LogP contribution in [-0.4, -0.2) is 11.1 Å². The summed E-state index contributed by atoms with van der Waals surface area (Å²) in [6.07, 6.45) is 6.03. The number of aromatic amines is 1. The van der Waals surface area contributed by atoms with E-state index in [-0.39, 0.29) is 0 Å². The van der Waals surface area contributed by atoms with Gasteiger partial charge in [-0.3, -0.25) is 0 Å². The third-order valence-electron chi connectivity index (χ3n) is 3.31. The van der Waals surface area contributed by atoms with Crippen LogP contribution in [-0.2, 0) is 6.54 Å². The summed E-state index contributed by atoms with van der Waals surface area (Å²) < 4.78 is 5.99. The maximum absolute atomic E-state index is 5.99. The van der Waals surface area contributed by atoms with Gasteiger partial charge in [-0.25, -0.2) is 0 Å². The standard InChI is InChI=1S/C13H16N2O/c14-7-9-8-15-11-5-2-6-12(13(9)11)16-10-3-1-4-10/h2,5-6,8,10,15H,1,3-4,7,14H2. The number of nitrogens with two attached hydrogens (primary N) is 1. The minimum absolute atomic E-state index is 0.408. The van der Waals surface area contributed by atoms with Crippen molar-refractivity contribution in [1.82, 2.24) is 4.98 Å². The Labute approximate surface area is 94.6 Å². The van der Waals surface area contributed by atoms with E-state index in [1.165, 1.54) is 19.3 Å². The predicted molar refractivity (Wildman–Crippen MR) is 64.5 cm³/mol. The van der Waals surface area contributed by atoms with Crippen molar-refractivity contribution in [2.45, 2.75) is 31.9 Å². The van der Waals surface area contributed by atoms with E-state index in [1.807, 2.05) is 18.3 Å². The maximum atomic E-state index is 5.99. The predicted octanol–water partition coefficient (Wildman–Crippen LogP) is 2.56. The number of benzene rings is 1. The van der Waals surface area contributed by atoms with Gasteiger partial charge >= 0.3 is 0 Å². The van der Waals surface area contributed by atoms with Crippen LogP contribution in [0.1, 0.15) is 24.8 Å². The molecule has 0 radical (unpaired) electrons. The van der Waals surface area contributed by atoms with Crippen LogP contribution in [0.15, 0.2) is 24.4 Å². The first-order chi connectivity index (χ1) is 7.88. The molecule has 3 heteroatoms. The van der Waals surface area contributed by atoms with Crippen molar-refractivity contribution in [2.24, 2.45) is 5.73 Å². The average molecular weight is 216 g/mol. The maximum Gasteiger partial charge on any atom is 0.129 e. The highest BCUT2D eigenvalue weighted by Crippen LogP contribution is 2.32. The molecule has 0 aliphatic heterocycles. The Morgan fingerprint density at radius 1 is 1.38 bits per heavy atom. The van der Waals surface area contributed by atoms with Crippen LogP contribution in [0.5, 0.6) is 5.75 Å². The summed E-state index contributed by atoms with van der Waals surface area (Å²) in [6, 6.07) is 6.11. The van der Waals surface area contributed by atoms with E-state index in [4.69, 9.17) is 10.5 Å². The summed E-state index contributed by atoms with van der Waals surface area (Å²) in [5, 5.41) is 1.15. The molecule has 1 fully saturated rings. The molecule has 0 spiro atoms. The average Bonchev–Trinajstić information content (AvgIpc) is 2.67. The van der Waals surface area contributed by atoms with Gasteiger partial charge in [0, 0.05) is 23.6 Å². The lowest BCUT2D eigenvalue weighted by molar-refractivity contribution is 0.122. The molecular weight excluding hydrogens is 200 g/mol. The number of aromatic nitrogens is 1. The number of rotatable bonds is 3. The van der Waals surface area contributed by atoms with Gasteiger partial charge < -0.3 is 15.5 Å². The molecule has 84 valence electrons. The van der Waals surface area contributed by atoms with E-state index in [9.17, 15) is 0 Å². The number of hydrogen-bond acceptors (Lipinski definition) is 2. The van der Waals surface area contributed by atoms with Gasteiger partial charge in [-0.2, -0.15) is 0 Å². The molecule has 2 aromatic rings. The number of nitrogens with one attached hydrogen (secondary N) is 1. The van der Waals surface area contributed by atoms with Gasteiger partial charge in [0.05, 0.1) is 6.10 Å². The lowest BCUT2D eigenvalue weighted by Crippen LogP contribution is -2.24. The van der Waals surface area contributed by atoms with Crippen molar-refractivity contribution in [2.75, 3.05) is 0 Å². The van der Waals surface area contributed by atoms with Crippen molar-refractivity contribution in [3.8, 4) is 5.75 Å². The minimum atomic E-state index is 0.408. The van der Waals surface area contributed by atoms with Crippen LogP contribution in [0.25, 0.3) is 10.9 Å². The number of ether oxygens (including phenoxy) is 1. The van der Waals surface area contributed by atoms with Gasteiger partial charge in [0.2, 0.25) is 0 Å². The van der Waals surface area contributed by atoms with Crippen LogP contribution in [0.2, 0.25) is 0 Å². The zero-order valence-corrected chi connectivity index (χ0v) is 9.20. The number of H-pyrrole nitrogens is 1. The van der Waals surface area contributed by atoms with Crippen molar-refractivity contribution in [3.63, 3.8) is 0 Å². The van der Waals surface area contributed by atoms with Crippen LogP contribution in [0.3, 0.4) is 0 Å². The summed E-state index contributed by atoms with van der Waals surface area (Å²) in [7, 11) is 0. The van der Waals surface area contributed by atoms with Crippen molar-refractivity contribution in [1.29, 1.82) is 0 Å². The fraction of sp³-hybridized carbons (Fsp3) is 0.385. The van der Waals surface area contributed by atoms with Gasteiger partial charge in [0.15, 0.2) is 0 Å². The normalized spacial score (nSPS) is 16.3. The molecule has 0 atom stereocenters. The molecule has 1 aliphatic carbocycles. The van der Waals surface area contributed by atoms with E-state index < -0.39 is 0 Å². The molecule has 3 N–H and O–H groups in total. The third kappa shape index (κ3) is 1.48. The highest BCUT2D eigenvalue weighted by Gasteiger charge is 2.20. The molecule has 1 heterocycles. The van der Waals surface area contributed by atoms with E-state index in [0.29, 0.717) is 12.6 Å². The second kappa shape index (κ2) is 3.83. The van der Waals surface area contributed by atoms with Crippen LogP contribution >= 0.6 is 0 Å². The molecule has 3 nitrogen and oxygen atoms in total. The third-order valence-corrected chi connectivity index (χ3v) is 3.31. The van der Waals surface area contributed by atoms with Crippen LogP contribution in [0, 0.1) is 0 Å². The molecule has 1 saturated carbocycles. The molecule has 16 heavy (non-hydrogen) atoms. The Morgan fingerprint density at radius 2 is 2.25 bits per heavy atom. The van der Waals surface area contributed by atoms with Crippen LogP contribution in [0.4, 0.5) is 0 Å². The first kappa shape index (κ1) is 9.73. The number of hydrogen-bond donors (Lipinski definition) is 2. The van der Waals surface area contributed by atoms with Gasteiger partial charge in [0.25, 0.3) is 0 Å². The Balaban J connectivity index is 2.03. The first-order valence-corrected chi connectivity index (χ1v) is 5.84. The Bertz CT molecular complexity index is 500. The smallest absolute Gasteiger partial charge is 0.129 e. The van der Waals surface area contributed by atoms with Gasteiger partial charge in [-0.05, 0) is 37.0 Å². The Kier molecular flexibility index (Phi) is 2.33.